The molecule has 0 fully saturated rings. The van der Waals surface area contributed by atoms with Gasteiger partial charge in [-0.2, -0.15) is 13.2 Å². The minimum atomic E-state index is -4.70. The van der Waals surface area contributed by atoms with Gasteiger partial charge >= 0.3 is 6.18 Å². The highest BCUT2D eigenvalue weighted by molar-refractivity contribution is 9.10. The van der Waals surface area contributed by atoms with Gasteiger partial charge in [0.1, 0.15) is 5.00 Å². The SMILES string of the molecule is NC(=O)c1c(NC(=O)c2ccccc2C(F)(F)F)sc2c1CCN(C(=S)Nc1ccccc1Br)C2. The number of thiophene rings is 1. The summed E-state index contributed by atoms with van der Waals surface area (Å²) in [5.74, 6) is -1.73. The van der Waals surface area contributed by atoms with Gasteiger partial charge in [-0.15, -0.1) is 11.3 Å². The molecule has 0 spiro atoms. The molecule has 0 bridgehead atoms. The molecule has 0 radical (unpaired) electrons. The number of nitrogens with two attached hydrogens (primary N) is 1. The third-order valence-electron chi connectivity index (χ3n) is 5.41. The molecule has 0 unspecified atom stereocenters. The quantitative estimate of drug-likeness (QED) is 0.347. The lowest BCUT2D eigenvalue weighted by Crippen LogP contribution is -2.38. The zero-order valence-electron chi connectivity index (χ0n) is 17.9. The van der Waals surface area contributed by atoms with Crippen molar-refractivity contribution in [2.45, 2.75) is 19.1 Å². The lowest BCUT2D eigenvalue weighted by Gasteiger charge is -2.30. The van der Waals surface area contributed by atoms with E-state index in [1.807, 2.05) is 29.2 Å². The molecule has 182 valence electrons. The highest BCUT2D eigenvalue weighted by Crippen LogP contribution is 2.38. The lowest BCUT2D eigenvalue weighted by molar-refractivity contribution is -0.137. The summed E-state index contributed by atoms with van der Waals surface area (Å²) >= 11 is 10.1. The fourth-order valence-electron chi connectivity index (χ4n) is 3.78. The first-order valence-corrected chi connectivity index (χ1v) is 12.3. The van der Waals surface area contributed by atoms with Crippen LogP contribution in [0.2, 0.25) is 0 Å². The van der Waals surface area contributed by atoms with Gasteiger partial charge in [0.15, 0.2) is 5.11 Å². The van der Waals surface area contributed by atoms with Gasteiger partial charge in [0, 0.05) is 15.9 Å². The number of nitrogens with zero attached hydrogens (tertiary/aromatic N) is 1. The zero-order valence-corrected chi connectivity index (χ0v) is 21.1. The third kappa shape index (κ3) is 5.34. The van der Waals surface area contributed by atoms with Crippen LogP contribution in [0.3, 0.4) is 0 Å². The number of hydrogen-bond donors (Lipinski definition) is 3. The second-order valence-electron chi connectivity index (χ2n) is 7.65. The molecule has 0 aliphatic carbocycles. The van der Waals surface area contributed by atoms with Gasteiger partial charge in [-0.3, -0.25) is 9.59 Å². The minimum absolute atomic E-state index is 0.118. The van der Waals surface area contributed by atoms with Crippen molar-refractivity contribution in [1.82, 2.24) is 4.90 Å². The van der Waals surface area contributed by atoms with Crippen molar-refractivity contribution in [3.63, 3.8) is 0 Å². The Morgan fingerprint density at radius 1 is 1.09 bits per heavy atom. The molecule has 3 aromatic rings. The van der Waals surface area contributed by atoms with E-state index in [4.69, 9.17) is 18.0 Å². The summed E-state index contributed by atoms with van der Waals surface area (Å²) in [5, 5.41) is 6.25. The Balaban J connectivity index is 1.58. The van der Waals surface area contributed by atoms with Crippen LogP contribution >= 0.6 is 39.5 Å². The monoisotopic (exact) mass is 582 g/mol. The van der Waals surface area contributed by atoms with E-state index in [0.29, 0.717) is 30.2 Å². The first kappa shape index (κ1) is 25.1. The fourth-order valence-corrected chi connectivity index (χ4v) is 5.69. The topological polar surface area (TPSA) is 87.5 Å². The standard InChI is InChI=1S/C23H18BrF3N4O2S2/c24-15-7-3-4-8-16(15)29-22(34)31-10-9-13-17(11-31)35-21(18(13)19(28)32)30-20(33)12-5-1-2-6-14(12)23(25,26)27/h1-8H,9-11H2,(H2,28,32)(H,29,34)(H,30,33). The summed E-state index contributed by atoms with van der Waals surface area (Å²) in [5.41, 5.74) is 5.57. The Morgan fingerprint density at radius 2 is 1.77 bits per heavy atom. The second kappa shape index (κ2) is 9.96. The summed E-state index contributed by atoms with van der Waals surface area (Å²) < 4.78 is 40.9. The Hall–Kier alpha value is -2.96. The van der Waals surface area contributed by atoms with Gasteiger partial charge in [-0.1, -0.05) is 24.3 Å². The molecule has 0 atom stereocenters. The number of primary amides is 1. The van der Waals surface area contributed by atoms with Crippen LogP contribution in [-0.2, 0) is 19.1 Å². The minimum Gasteiger partial charge on any atom is -0.365 e. The Bertz CT molecular complexity index is 1330. The Kier molecular flexibility index (Phi) is 7.15. The predicted molar refractivity (Wildman–Crippen MR) is 137 cm³/mol. The van der Waals surface area contributed by atoms with E-state index in [2.05, 4.69) is 26.6 Å². The summed E-state index contributed by atoms with van der Waals surface area (Å²) in [7, 11) is 0. The maximum Gasteiger partial charge on any atom is 0.417 e. The first-order chi connectivity index (χ1) is 16.6. The van der Waals surface area contributed by atoms with Gasteiger partial charge in [0.2, 0.25) is 0 Å². The molecule has 4 rings (SSSR count). The molecule has 1 aliphatic heterocycles. The highest BCUT2D eigenvalue weighted by Gasteiger charge is 2.35. The number of carbonyl (C=O) groups is 2. The maximum atomic E-state index is 13.4. The van der Waals surface area contributed by atoms with E-state index in [9.17, 15) is 22.8 Å². The van der Waals surface area contributed by atoms with Gasteiger partial charge in [-0.25, -0.2) is 0 Å². The van der Waals surface area contributed by atoms with Crippen LogP contribution in [0.15, 0.2) is 53.0 Å². The molecule has 4 N–H and O–H groups in total. The molecule has 2 heterocycles. The summed E-state index contributed by atoms with van der Waals surface area (Å²) in [4.78, 5) is 27.7. The average Bonchev–Trinajstić information content (AvgIpc) is 3.17. The number of alkyl halides is 3. The number of nitrogens with one attached hydrogen (secondary N) is 2. The molecule has 12 heteroatoms. The van der Waals surface area contributed by atoms with Crippen LogP contribution in [0.4, 0.5) is 23.9 Å². The van der Waals surface area contributed by atoms with Crippen LogP contribution < -0.4 is 16.4 Å². The second-order valence-corrected chi connectivity index (χ2v) is 10.00. The summed E-state index contributed by atoms with van der Waals surface area (Å²) in [6.07, 6.45) is -4.27. The van der Waals surface area contributed by atoms with E-state index < -0.39 is 29.1 Å². The van der Waals surface area contributed by atoms with Crippen molar-refractivity contribution in [2.75, 3.05) is 17.2 Å². The molecule has 1 aromatic heterocycles. The average molecular weight is 583 g/mol. The molecular weight excluding hydrogens is 565 g/mol. The molecule has 35 heavy (non-hydrogen) atoms. The number of halogens is 4. The molecule has 6 nitrogen and oxygen atoms in total. The van der Waals surface area contributed by atoms with Gasteiger partial charge in [0.25, 0.3) is 11.8 Å². The molecule has 1 aliphatic rings. The summed E-state index contributed by atoms with van der Waals surface area (Å²) in [6, 6.07) is 12.0. The largest absolute Gasteiger partial charge is 0.417 e. The van der Waals surface area contributed by atoms with Crippen molar-refractivity contribution >= 4 is 67.1 Å². The first-order valence-electron chi connectivity index (χ1n) is 10.3. The number of hydrogen-bond acceptors (Lipinski definition) is 4. The van der Waals surface area contributed by atoms with Gasteiger partial charge < -0.3 is 21.3 Å². The van der Waals surface area contributed by atoms with Crippen LogP contribution in [0.5, 0.6) is 0 Å². The van der Waals surface area contributed by atoms with E-state index in [1.54, 1.807) is 0 Å². The van der Waals surface area contributed by atoms with Crippen molar-refractivity contribution in [3.8, 4) is 0 Å². The lowest BCUT2D eigenvalue weighted by atomic mass is 10.0. The van der Waals surface area contributed by atoms with E-state index in [-0.39, 0.29) is 10.6 Å². The number of carbonyl (C=O) groups excluding carboxylic acids is 2. The van der Waals surface area contributed by atoms with Crippen molar-refractivity contribution < 1.29 is 22.8 Å². The van der Waals surface area contributed by atoms with Crippen LogP contribution in [0.25, 0.3) is 0 Å². The van der Waals surface area contributed by atoms with E-state index >= 15 is 0 Å². The van der Waals surface area contributed by atoms with Crippen LogP contribution in [-0.4, -0.2) is 28.4 Å². The van der Waals surface area contributed by atoms with Crippen LogP contribution in [0, 0.1) is 0 Å². The number of rotatable bonds is 4. The molecule has 0 saturated carbocycles. The zero-order chi connectivity index (χ0) is 25.3. The third-order valence-corrected chi connectivity index (χ3v) is 7.59. The Morgan fingerprint density at radius 3 is 2.46 bits per heavy atom. The van der Waals surface area contributed by atoms with E-state index in [0.717, 1.165) is 38.5 Å². The highest BCUT2D eigenvalue weighted by atomic mass is 79.9. The van der Waals surface area contributed by atoms with Gasteiger partial charge in [-0.05, 0) is 64.4 Å². The number of amides is 2. The van der Waals surface area contributed by atoms with Gasteiger partial charge in [0.05, 0.1) is 28.9 Å². The number of para-hydroxylation sites is 1. The molecular formula is C23H18BrF3N4O2S2. The summed E-state index contributed by atoms with van der Waals surface area (Å²) in [6.45, 7) is 0.843. The van der Waals surface area contributed by atoms with Crippen molar-refractivity contribution in [1.29, 1.82) is 0 Å². The van der Waals surface area contributed by atoms with Crippen molar-refractivity contribution in [3.05, 3.63) is 80.1 Å². The Labute approximate surface area is 216 Å². The number of thiocarbonyl (C=S) groups is 1. The number of fused-ring (bicyclic) bond motifs is 1. The molecule has 0 saturated heterocycles. The maximum absolute atomic E-state index is 13.4. The van der Waals surface area contributed by atoms with E-state index in [1.165, 1.54) is 12.1 Å². The fraction of sp³-hybridized carbons (Fsp3) is 0.174. The van der Waals surface area contributed by atoms with Crippen molar-refractivity contribution in [2.24, 2.45) is 5.73 Å². The number of anilines is 2. The molecule has 2 amide bonds. The number of benzene rings is 2. The van der Waals surface area contributed by atoms with Crippen LogP contribution in [0.1, 0.15) is 36.7 Å². The predicted octanol–water partition coefficient (Wildman–Crippen LogP) is 5.64. The molecule has 2 aromatic carbocycles. The smallest absolute Gasteiger partial charge is 0.365 e. The normalized spacial score (nSPS) is 13.2.